The molecule has 0 aliphatic carbocycles. The largest absolute Gasteiger partial charge is 0.478 e. The number of hydrogen-bond acceptors (Lipinski definition) is 2. The fraction of sp³-hybridized carbons (Fsp3) is 0.125. The van der Waals surface area contributed by atoms with E-state index in [2.05, 4.69) is 5.32 Å². The van der Waals surface area contributed by atoms with Gasteiger partial charge >= 0.3 is 5.97 Å². The summed E-state index contributed by atoms with van der Waals surface area (Å²) in [7, 11) is 1.59. The van der Waals surface area contributed by atoms with Crippen LogP contribution in [-0.4, -0.2) is 24.0 Å². The molecule has 0 aliphatic rings. The van der Waals surface area contributed by atoms with Crippen LogP contribution >= 0.6 is 0 Å². The molecule has 0 aromatic heterocycles. The first-order valence-corrected chi connectivity index (χ1v) is 6.19. The molecule has 0 atom stereocenters. The number of rotatable bonds is 3. The van der Waals surface area contributed by atoms with Crippen LogP contribution in [0.15, 0.2) is 42.5 Å². The maximum atomic E-state index is 11.6. The highest BCUT2D eigenvalue weighted by atomic mass is 16.4. The van der Waals surface area contributed by atoms with E-state index < -0.39 is 5.97 Å². The molecule has 0 fully saturated rings. The number of carboxylic acid groups (broad SMARTS) is 1. The third kappa shape index (κ3) is 2.69. The summed E-state index contributed by atoms with van der Waals surface area (Å²) in [6, 6.07) is 12.2. The molecule has 4 nitrogen and oxygen atoms in total. The highest BCUT2D eigenvalue weighted by Crippen LogP contribution is 2.25. The number of amides is 1. The molecule has 20 heavy (non-hydrogen) atoms. The van der Waals surface area contributed by atoms with E-state index in [1.54, 1.807) is 37.4 Å². The molecule has 0 unspecified atom stereocenters. The second-order valence-corrected chi connectivity index (χ2v) is 4.49. The van der Waals surface area contributed by atoms with Gasteiger partial charge in [0.2, 0.25) is 0 Å². The van der Waals surface area contributed by atoms with Gasteiger partial charge in [-0.15, -0.1) is 0 Å². The quantitative estimate of drug-likeness (QED) is 0.900. The summed E-state index contributed by atoms with van der Waals surface area (Å²) in [6.45, 7) is 1.86. The predicted octanol–water partition coefficient (Wildman–Crippen LogP) is 2.72. The molecule has 0 bridgehead atoms. The standard InChI is InChI=1S/C16H15NO3/c1-10-8-13(16(19)20)6-7-14(10)11-4-3-5-12(9-11)15(18)17-2/h3-9H,1-2H3,(H,17,18)(H,19,20). The van der Waals surface area contributed by atoms with E-state index in [-0.39, 0.29) is 11.5 Å². The third-order valence-electron chi connectivity index (χ3n) is 3.14. The summed E-state index contributed by atoms with van der Waals surface area (Å²) in [5, 5.41) is 11.5. The second-order valence-electron chi connectivity index (χ2n) is 4.49. The lowest BCUT2D eigenvalue weighted by Gasteiger charge is -2.09. The lowest BCUT2D eigenvalue weighted by atomic mass is 9.97. The Morgan fingerprint density at radius 2 is 1.80 bits per heavy atom. The first-order valence-electron chi connectivity index (χ1n) is 6.19. The zero-order valence-corrected chi connectivity index (χ0v) is 11.3. The van der Waals surface area contributed by atoms with Crippen LogP contribution in [0.1, 0.15) is 26.3 Å². The van der Waals surface area contributed by atoms with E-state index >= 15 is 0 Å². The van der Waals surface area contributed by atoms with E-state index in [0.717, 1.165) is 16.7 Å². The van der Waals surface area contributed by atoms with Crippen molar-refractivity contribution in [3.63, 3.8) is 0 Å². The highest BCUT2D eigenvalue weighted by molar-refractivity contribution is 5.95. The first-order chi connectivity index (χ1) is 9.52. The van der Waals surface area contributed by atoms with Crippen LogP contribution in [0.5, 0.6) is 0 Å². The van der Waals surface area contributed by atoms with Crippen molar-refractivity contribution in [1.82, 2.24) is 5.32 Å². The Labute approximate surface area is 117 Å². The van der Waals surface area contributed by atoms with Gasteiger partial charge in [0.25, 0.3) is 5.91 Å². The van der Waals surface area contributed by atoms with Gasteiger partial charge < -0.3 is 10.4 Å². The van der Waals surface area contributed by atoms with Crippen LogP contribution in [0.25, 0.3) is 11.1 Å². The third-order valence-corrected chi connectivity index (χ3v) is 3.14. The minimum Gasteiger partial charge on any atom is -0.478 e. The molecular formula is C16H15NO3. The van der Waals surface area contributed by atoms with Gasteiger partial charge in [-0.1, -0.05) is 18.2 Å². The summed E-state index contributed by atoms with van der Waals surface area (Å²) >= 11 is 0. The van der Waals surface area contributed by atoms with E-state index in [1.807, 2.05) is 19.1 Å². The van der Waals surface area contributed by atoms with Crippen molar-refractivity contribution in [3.05, 3.63) is 59.2 Å². The average Bonchev–Trinajstić information content (AvgIpc) is 2.46. The molecule has 2 aromatic rings. The molecule has 2 aromatic carbocycles. The molecule has 4 heteroatoms. The van der Waals surface area contributed by atoms with Crippen molar-refractivity contribution in [2.24, 2.45) is 0 Å². The Morgan fingerprint density at radius 3 is 2.40 bits per heavy atom. The lowest BCUT2D eigenvalue weighted by Crippen LogP contribution is -2.17. The molecule has 1 amide bonds. The van der Waals surface area contributed by atoms with Gasteiger partial charge in [0.15, 0.2) is 0 Å². The number of hydrogen-bond donors (Lipinski definition) is 2. The summed E-state index contributed by atoms with van der Waals surface area (Å²) in [5.41, 5.74) is 3.50. The predicted molar refractivity (Wildman–Crippen MR) is 77.0 cm³/mol. The number of carbonyl (C=O) groups excluding carboxylic acids is 1. The van der Waals surface area contributed by atoms with Crippen LogP contribution < -0.4 is 5.32 Å². The Kier molecular flexibility index (Phi) is 3.84. The monoisotopic (exact) mass is 269 g/mol. The minimum absolute atomic E-state index is 0.147. The number of carbonyl (C=O) groups is 2. The molecule has 0 heterocycles. The molecular weight excluding hydrogens is 254 g/mol. The molecule has 102 valence electrons. The van der Waals surface area contributed by atoms with Gasteiger partial charge in [0.05, 0.1) is 5.56 Å². The SMILES string of the molecule is CNC(=O)c1cccc(-c2ccc(C(=O)O)cc2C)c1. The van der Waals surface area contributed by atoms with Crippen LogP contribution in [0.3, 0.4) is 0 Å². The lowest BCUT2D eigenvalue weighted by molar-refractivity contribution is 0.0696. The van der Waals surface area contributed by atoms with Gasteiger partial charge in [-0.2, -0.15) is 0 Å². The van der Waals surface area contributed by atoms with E-state index in [0.29, 0.717) is 5.56 Å². The van der Waals surface area contributed by atoms with Crippen molar-refractivity contribution in [2.75, 3.05) is 7.05 Å². The average molecular weight is 269 g/mol. The Hall–Kier alpha value is -2.62. The van der Waals surface area contributed by atoms with Gasteiger partial charge in [-0.05, 0) is 47.9 Å². The van der Waals surface area contributed by atoms with Gasteiger partial charge in [0, 0.05) is 12.6 Å². The summed E-state index contributed by atoms with van der Waals surface area (Å²) in [6.07, 6.45) is 0. The smallest absolute Gasteiger partial charge is 0.335 e. The molecule has 0 radical (unpaired) electrons. The summed E-state index contributed by atoms with van der Waals surface area (Å²) in [5.74, 6) is -1.09. The maximum Gasteiger partial charge on any atom is 0.335 e. The normalized spacial score (nSPS) is 10.1. The summed E-state index contributed by atoms with van der Waals surface area (Å²) < 4.78 is 0. The van der Waals surface area contributed by atoms with Crippen molar-refractivity contribution >= 4 is 11.9 Å². The van der Waals surface area contributed by atoms with E-state index in [9.17, 15) is 9.59 Å². The van der Waals surface area contributed by atoms with Crippen molar-refractivity contribution in [1.29, 1.82) is 0 Å². The van der Waals surface area contributed by atoms with Crippen LogP contribution in [0, 0.1) is 6.92 Å². The summed E-state index contributed by atoms with van der Waals surface area (Å²) in [4.78, 5) is 22.6. The molecule has 0 aliphatic heterocycles. The topological polar surface area (TPSA) is 66.4 Å². The van der Waals surface area contributed by atoms with Gasteiger partial charge in [-0.3, -0.25) is 4.79 Å². The van der Waals surface area contributed by atoms with Crippen molar-refractivity contribution < 1.29 is 14.7 Å². The van der Waals surface area contributed by atoms with E-state index in [1.165, 1.54) is 0 Å². The Bertz CT molecular complexity index is 677. The number of carboxylic acids is 1. The Morgan fingerprint density at radius 1 is 1.05 bits per heavy atom. The number of benzene rings is 2. The number of aromatic carboxylic acids is 1. The van der Waals surface area contributed by atoms with E-state index in [4.69, 9.17) is 5.11 Å². The number of nitrogens with one attached hydrogen (secondary N) is 1. The zero-order valence-electron chi connectivity index (χ0n) is 11.3. The minimum atomic E-state index is -0.946. The van der Waals surface area contributed by atoms with Crippen LogP contribution in [0.2, 0.25) is 0 Å². The molecule has 0 spiro atoms. The maximum absolute atomic E-state index is 11.6. The van der Waals surface area contributed by atoms with Crippen LogP contribution in [-0.2, 0) is 0 Å². The molecule has 0 saturated heterocycles. The molecule has 2 rings (SSSR count). The zero-order chi connectivity index (χ0) is 14.7. The first kappa shape index (κ1) is 13.8. The van der Waals surface area contributed by atoms with Gasteiger partial charge in [-0.25, -0.2) is 4.79 Å². The van der Waals surface area contributed by atoms with Crippen LogP contribution in [0.4, 0.5) is 0 Å². The fourth-order valence-electron chi connectivity index (χ4n) is 2.09. The van der Waals surface area contributed by atoms with Gasteiger partial charge in [0.1, 0.15) is 0 Å². The number of aryl methyl sites for hydroxylation is 1. The molecule has 2 N–H and O–H groups in total. The second kappa shape index (κ2) is 5.57. The Balaban J connectivity index is 2.46. The van der Waals surface area contributed by atoms with Crippen molar-refractivity contribution in [3.8, 4) is 11.1 Å². The highest BCUT2D eigenvalue weighted by Gasteiger charge is 2.09. The molecule has 0 saturated carbocycles. The van der Waals surface area contributed by atoms with Crippen molar-refractivity contribution in [2.45, 2.75) is 6.92 Å². The fourth-order valence-corrected chi connectivity index (χ4v) is 2.09.